The van der Waals surface area contributed by atoms with Crippen LogP contribution in [-0.4, -0.2) is 4.92 Å². The molecule has 0 bridgehead atoms. The van der Waals surface area contributed by atoms with E-state index in [-0.39, 0.29) is 5.69 Å². The Bertz CT molecular complexity index is 964. The van der Waals surface area contributed by atoms with Crippen LogP contribution in [0.25, 0.3) is 11.1 Å². The van der Waals surface area contributed by atoms with Crippen LogP contribution in [-0.2, 0) is 0 Å². The zero-order valence-electron chi connectivity index (χ0n) is 13.5. The summed E-state index contributed by atoms with van der Waals surface area (Å²) in [5.74, 6) is 0. The lowest BCUT2D eigenvalue weighted by Crippen LogP contribution is -1.97. The molecule has 5 heteroatoms. The third-order valence-corrected chi connectivity index (χ3v) is 4.84. The average molecular weight is 346 g/mol. The fourth-order valence-electron chi connectivity index (χ4n) is 2.64. The highest BCUT2D eigenvalue weighted by molar-refractivity contribution is 8.03. The molecule has 122 valence electrons. The maximum atomic E-state index is 10.8. The Morgan fingerprint density at radius 3 is 2.56 bits per heavy atom. The number of nitriles is 1. The Kier molecular flexibility index (Phi) is 4.82. The van der Waals surface area contributed by atoms with Crippen LogP contribution >= 0.6 is 11.8 Å². The van der Waals surface area contributed by atoms with Crippen LogP contribution in [0.5, 0.6) is 0 Å². The molecule has 0 radical (unpaired) electrons. The summed E-state index contributed by atoms with van der Waals surface area (Å²) in [4.78, 5) is 12.5. The van der Waals surface area contributed by atoms with E-state index in [1.165, 1.54) is 12.1 Å². The molecule has 0 saturated carbocycles. The molecule has 0 aromatic heterocycles. The Labute approximate surface area is 150 Å². The summed E-state index contributed by atoms with van der Waals surface area (Å²) in [5, 5.41) is 20.6. The van der Waals surface area contributed by atoms with E-state index < -0.39 is 4.92 Å². The van der Waals surface area contributed by atoms with Crippen molar-refractivity contribution in [2.45, 2.75) is 11.8 Å². The van der Waals surface area contributed by atoms with Crippen LogP contribution in [0, 0.1) is 21.4 Å². The van der Waals surface area contributed by atoms with Gasteiger partial charge in [-0.2, -0.15) is 5.26 Å². The number of fused-ring (bicyclic) bond motifs is 1. The lowest BCUT2D eigenvalue weighted by atomic mass is 9.94. The molecule has 3 rings (SSSR count). The molecule has 1 heterocycles. The fraction of sp³-hybridized carbons (Fsp3) is 0.0500. The summed E-state index contributed by atoms with van der Waals surface area (Å²) in [7, 11) is 0. The van der Waals surface area contributed by atoms with Crippen molar-refractivity contribution >= 4 is 28.6 Å². The van der Waals surface area contributed by atoms with Crippen molar-refractivity contribution in [1.82, 2.24) is 0 Å². The van der Waals surface area contributed by atoms with Crippen LogP contribution in [0.15, 0.2) is 76.6 Å². The van der Waals surface area contributed by atoms with E-state index in [0.717, 1.165) is 20.9 Å². The molecule has 0 N–H and O–H groups in total. The topological polar surface area (TPSA) is 66.9 Å². The first kappa shape index (κ1) is 16.7. The standard InChI is InChI=1S/C20H14N2O2S/c1-2-5-16-12-18(17-6-3-4-7-20(17)25-16)19(13-21)14-8-10-15(11-9-14)22(23)24/h2-12H,1H3/b5-2+,19-18+. The zero-order valence-corrected chi connectivity index (χ0v) is 14.3. The van der Waals surface area contributed by atoms with Crippen LogP contribution in [0.1, 0.15) is 18.1 Å². The van der Waals surface area contributed by atoms with Gasteiger partial charge >= 0.3 is 0 Å². The van der Waals surface area contributed by atoms with Gasteiger partial charge in [-0.3, -0.25) is 10.1 Å². The Morgan fingerprint density at radius 2 is 1.92 bits per heavy atom. The number of nitro benzene ring substituents is 1. The molecule has 25 heavy (non-hydrogen) atoms. The second kappa shape index (κ2) is 7.20. The van der Waals surface area contributed by atoms with Gasteiger partial charge < -0.3 is 0 Å². The fourth-order valence-corrected chi connectivity index (χ4v) is 3.71. The quantitative estimate of drug-likeness (QED) is 0.412. The smallest absolute Gasteiger partial charge is 0.258 e. The largest absolute Gasteiger partial charge is 0.269 e. The monoisotopic (exact) mass is 346 g/mol. The van der Waals surface area contributed by atoms with Crippen molar-refractivity contribution in [3.8, 4) is 6.07 Å². The lowest BCUT2D eigenvalue weighted by molar-refractivity contribution is -0.384. The summed E-state index contributed by atoms with van der Waals surface area (Å²) in [6.45, 7) is 1.95. The predicted octanol–water partition coefficient (Wildman–Crippen LogP) is 5.59. The third kappa shape index (κ3) is 3.39. The molecule has 0 spiro atoms. The number of hydrogen-bond acceptors (Lipinski definition) is 4. The number of nitro groups is 1. The summed E-state index contributed by atoms with van der Waals surface area (Å²) < 4.78 is 0. The minimum absolute atomic E-state index is 0.00999. The SMILES string of the molecule is C/C=C/C1=CC(=C(/C#N)c2ccc([N+](=O)[O-])cc2)/c2ccccc2S1. The zero-order chi connectivity index (χ0) is 17.8. The molecule has 0 amide bonds. The molecule has 0 aliphatic carbocycles. The number of thioether (sulfide) groups is 1. The van der Waals surface area contributed by atoms with E-state index in [4.69, 9.17) is 0 Å². The average Bonchev–Trinajstić information content (AvgIpc) is 2.63. The molecule has 0 unspecified atom stereocenters. The lowest BCUT2D eigenvalue weighted by Gasteiger charge is -2.18. The molecule has 1 aliphatic rings. The van der Waals surface area contributed by atoms with E-state index in [2.05, 4.69) is 6.07 Å². The van der Waals surface area contributed by atoms with Crippen molar-refractivity contribution in [2.75, 3.05) is 0 Å². The van der Waals surface area contributed by atoms with E-state index in [9.17, 15) is 15.4 Å². The number of non-ortho nitro benzene ring substituents is 1. The Morgan fingerprint density at radius 1 is 1.20 bits per heavy atom. The minimum atomic E-state index is -0.445. The second-order valence-corrected chi connectivity index (χ2v) is 6.46. The number of allylic oxidation sites excluding steroid dienone is 5. The van der Waals surface area contributed by atoms with Crippen LogP contribution in [0.4, 0.5) is 5.69 Å². The highest BCUT2D eigenvalue weighted by Crippen LogP contribution is 2.43. The van der Waals surface area contributed by atoms with E-state index in [0.29, 0.717) is 11.1 Å². The normalized spacial score (nSPS) is 15.3. The summed E-state index contributed by atoms with van der Waals surface area (Å²) >= 11 is 1.66. The van der Waals surface area contributed by atoms with Gasteiger partial charge in [0.2, 0.25) is 0 Å². The van der Waals surface area contributed by atoms with Gasteiger partial charge in [-0.15, -0.1) is 0 Å². The van der Waals surface area contributed by atoms with Gasteiger partial charge in [-0.05, 0) is 42.3 Å². The third-order valence-electron chi connectivity index (χ3n) is 3.77. The molecular weight excluding hydrogens is 332 g/mol. The molecule has 0 atom stereocenters. The highest BCUT2D eigenvalue weighted by atomic mass is 32.2. The highest BCUT2D eigenvalue weighted by Gasteiger charge is 2.19. The van der Waals surface area contributed by atoms with Crippen molar-refractivity contribution in [1.29, 1.82) is 5.26 Å². The molecule has 2 aromatic rings. The number of nitrogens with zero attached hydrogens (tertiary/aromatic N) is 2. The van der Waals surface area contributed by atoms with Crippen molar-refractivity contribution in [3.63, 3.8) is 0 Å². The Balaban J connectivity index is 2.20. The van der Waals surface area contributed by atoms with Crippen molar-refractivity contribution < 1.29 is 4.92 Å². The van der Waals surface area contributed by atoms with Gasteiger partial charge in [0.15, 0.2) is 0 Å². The number of benzene rings is 2. The maximum absolute atomic E-state index is 10.8. The first-order valence-electron chi connectivity index (χ1n) is 7.65. The first-order valence-corrected chi connectivity index (χ1v) is 8.46. The summed E-state index contributed by atoms with van der Waals surface area (Å²) in [6, 6.07) is 16.3. The summed E-state index contributed by atoms with van der Waals surface area (Å²) in [6.07, 6.45) is 5.96. The van der Waals surface area contributed by atoms with E-state index in [1.54, 1.807) is 23.9 Å². The van der Waals surface area contributed by atoms with Crippen LogP contribution in [0.2, 0.25) is 0 Å². The van der Waals surface area contributed by atoms with Gasteiger partial charge in [-0.1, -0.05) is 42.1 Å². The molecular formula is C20H14N2O2S. The van der Waals surface area contributed by atoms with Gasteiger partial charge in [0, 0.05) is 27.5 Å². The minimum Gasteiger partial charge on any atom is -0.258 e. The van der Waals surface area contributed by atoms with Crippen LogP contribution in [0.3, 0.4) is 0 Å². The Hall–Kier alpha value is -3.10. The van der Waals surface area contributed by atoms with Crippen LogP contribution < -0.4 is 0 Å². The second-order valence-electron chi connectivity index (χ2n) is 5.35. The number of rotatable bonds is 3. The molecule has 2 aromatic carbocycles. The van der Waals surface area contributed by atoms with E-state index >= 15 is 0 Å². The molecule has 4 nitrogen and oxygen atoms in total. The number of hydrogen-bond donors (Lipinski definition) is 0. The van der Waals surface area contributed by atoms with Gasteiger partial charge in [0.1, 0.15) is 6.07 Å². The predicted molar refractivity (Wildman–Crippen MR) is 101 cm³/mol. The maximum Gasteiger partial charge on any atom is 0.269 e. The van der Waals surface area contributed by atoms with Gasteiger partial charge in [0.25, 0.3) is 5.69 Å². The van der Waals surface area contributed by atoms with Gasteiger partial charge in [-0.25, -0.2) is 0 Å². The first-order chi connectivity index (χ1) is 12.1. The van der Waals surface area contributed by atoms with E-state index in [1.807, 2.05) is 49.4 Å². The van der Waals surface area contributed by atoms with Crippen molar-refractivity contribution in [2.24, 2.45) is 0 Å². The molecule has 1 aliphatic heterocycles. The van der Waals surface area contributed by atoms with Crippen molar-refractivity contribution in [3.05, 3.63) is 92.9 Å². The molecule has 0 fully saturated rings. The van der Waals surface area contributed by atoms with Gasteiger partial charge in [0.05, 0.1) is 10.5 Å². The summed E-state index contributed by atoms with van der Waals surface area (Å²) in [5.41, 5.74) is 3.01. The molecule has 0 saturated heterocycles.